The summed E-state index contributed by atoms with van der Waals surface area (Å²) in [6, 6.07) is 23.3. The van der Waals surface area contributed by atoms with Gasteiger partial charge in [-0.25, -0.2) is 10.2 Å². The van der Waals surface area contributed by atoms with Crippen LogP contribution in [0, 0.1) is 0 Å². The van der Waals surface area contributed by atoms with Crippen molar-refractivity contribution in [2.24, 2.45) is 5.10 Å². The van der Waals surface area contributed by atoms with Gasteiger partial charge in [0.2, 0.25) is 0 Å². The van der Waals surface area contributed by atoms with Crippen LogP contribution in [0.25, 0.3) is 22.0 Å². The number of esters is 1. The van der Waals surface area contributed by atoms with E-state index < -0.39 is 11.9 Å². The zero-order valence-electron chi connectivity index (χ0n) is 23.6. The van der Waals surface area contributed by atoms with Crippen molar-refractivity contribution in [3.05, 3.63) is 110 Å². The zero-order chi connectivity index (χ0) is 31.2. The van der Waals surface area contributed by atoms with E-state index in [0.29, 0.717) is 55.5 Å². The Hall–Kier alpha value is -4.12. The van der Waals surface area contributed by atoms with Gasteiger partial charge in [-0.3, -0.25) is 4.79 Å². The number of nitrogens with zero attached hydrogens (tertiary/aromatic N) is 1. The van der Waals surface area contributed by atoms with Crippen molar-refractivity contribution in [2.75, 3.05) is 13.2 Å². The number of aromatic nitrogens is 1. The lowest BCUT2D eigenvalue weighted by Gasteiger charge is -2.13. The van der Waals surface area contributed by atoms with Crippen LogP contribution in [0.5, 0.6) is 17.2 Å². The van der Waals surface area contributed by atoms with Gasteiger partial charge < -0.3 is 19.2 Å². The van der Waals surface area contributed by atoms with Crippen LogP contribution in [0.4, 0.5) is 0 Å². The van der Waals surface area contributed by atoms with Gasteiger partial charge in [-0.1, -0.05) is 57.9 Å². The maximum absolute atomic E-state index is 13.4. The Labute approximate surface area is 275 Å². The van der Waals surface area contributed by atoms with Gasteiger partial charge in [0.15, 0.2) is 17.2 Å². The van der Waals surface area contributed by atoms with Crippen molar-refractivity contribution in [3.8, 4) is 28.4 Å². The fraction of sp³-hybridized carbons (Fsp3) is 0.121. The Morgan fingerprint density at radius 3 is 2.43 bits per heavy atom. The van der Waals surface area contributed by atoms with Crippen molar-refractivity contribution in [1.29, 1.82) is 0 Å². The predicted molar refractivity (Wildman–Crippen MR) is 179 cm³/mol. The van der Waals surface area contributed by atoms with E-state index >= 15 is 0 Å². The monoisotopic (exact) mass is 737 g/mol. The Bertz CT molecular complexity index is 1880. The van der Waals surface area contributed by atoms with E-state index in [2.05, 4.69) is 47.4 Å². The lowest BCUT2D eigenvalue weighted by molar-refractivity contribution is 0.0732. The third-order valence-electron chi connectivity index (χ3n) is 6.43. The number of fused-ring (bicyclic) bond motifs is 1. The number of nitrogens with one attached hydrogen (secondary N) is 2. The second-order valence-electron chi connectivity index (χ2n) is 9.35. The lowest BCUT2D eigenvalue weighted by Crippen LogP contribution is -2.19. The molecule has 0 aliphatic carbocycles. The van der Waals surface area contributed by atoms with E-state index in [9.17, 15) is 9.59 Å². The van der Waals surface area contributed by atoms with Gasteiger partial charge in [0.25, 0.3) is 5.91 Å². The molecule has 8 nitrogen and oxygen atoms in total. The van der Waals surface area contributed by atoms with Crippen LogP contribution in [-0.2, 0) is 0 Å². The van der Waals surface area contributed by atoms with Crippen molar-refractivity contribution in [2.45, 2.75) is 13.8 Å². The molecule has 5 rings (SSSR count). The molecule has 0 spiro atoms. The Morgan fingerprint density at radius 1 is 0.932 bits per heavy atom. The number of ether oxygens (including phenoxy) is 3. The highest BCUT2D eigenvalue weighted by atomic mass is 79.9. The molecule has 1 heterocycles. The Kier molecular flexibility index (Phi) is 10.0. The van der Waals surface area contributed by atoms with Gasteiger partial charge in [0.05, 0.1) is 29.5 Å². The summed E-state index contributed by atoms with van der Waals surface area (Å²) in [6.45, 7) is 4.58. The van der Waals surface area contributed by atoms with E-state index in [1.807, 2.05) is 56.3 Å². The zero-order valence-corrected chi connectivity index (χ0v) is 27.5. The first-order valence-corrected chi connectivity index (χ1v) is 15.6. The van der Waals surface area contributed by atoms with Crippen LogP contribution in [0.2, 0.25) is 5.02 Å². The van der Waals surface area contributed by atoms with Crippen LogP contribution < -0.4 is 19.6 Å². The SMILES string of the molecule is CCOc1ccc(C(=O)Oc2c(Br)cc(Br)cc2C=NNC(=O)c2[nH]c3ccc(Cl)cc3c2-c2ccccc2)cc1OCC. The predicted octanol–water partition coefficient (Wildman–Crippen LogP) is 8.79. The molecular weight excluding hydrogens is 714 g/mol. The van der Waals surface area contributed by atoms with E-state index in [1.165, 1.54) is 6.21 Å². The van der Waals surface area contributed by atoms with Crippen molar-refractivity contribution in [3.63, 3.8) is 0 Å². The largest absolute Gasteiger partial charge is 0.490 e. The molecule has 0 fully saturated rings. The lowest BCUT2D eigenvalue weighted by atomic mass is 10.0. The number of carbonyl (C=O) groups is 2. The molecule has 1 aromatic heterocycles. The van der Waals surface area contributed by atoms with Crippen LogP contribution in [0.1, 0.15) is 40.3 Å². The summed E-state index contributed by atoms with van der Waals surface area (Å²) in [4.78, 5) is 29.8. The third kappa shape index (κ3) is 6.99. The Morgan fingerprint density at radius 2 is 1.68 bits per heavy atom. The molecular formula is C33H26Br2ClN3O5. The van der Waals surface area contributed by atoms with Crippen LogP contribution >= 0.6 is 43.5 Å². The average molecular weight is 740 g/mol. The van der Waals surface area contributed by atoms with Crippen LogP contribution in [0.3, 0.4) is 0 Å². The molecule has 0 radical (unpaired) electrons. The molecule has 0 saturated carbocycles. The minimum atomic E-state index is -0.611. The maximum Gasteiger partial charge on any atom is 0.343 e. The molecule has 11 heteroatoms. The second-order valence-corrected chi connectivity index (χ2v) is 11.6. The number of halogens is 3. The molecule has 0 atom stereocenters. The summed E-state index contributed by atoms with van der Waals surface area (Å²) >= 11 is 13.2. The molecule has 0 saturated heterocycles. The highest BCUT2D eigenvalue weighted by molar-refractivity contribution is 9.11. The Balaban J connectivity index is 1.41. The van der Waals surface area contributed by atoms with E-state index in [1.54, 1.807) is 36.4 Å². The number of benzene rings is 4. The molecule has 2 N–H and O–H groups in total. The van der Waals surface area contributed by atoms with Gasteiger partial charge in [0.1, 0.15) is 5.69 Å². The molecule has 1 amide bonds. The fourth-order valence-electron chi connectivity index (χ4n) is 4.57. The molecule has 44 heavy (non-hydrogen) atoms. The van der Waals surface area contributed by atoms with Crippen molar-refractivity contribution in [1.82, 2.24) is 10.4 Å². The molecule has 0 aliphatic heterocycles. The number of aromatic amines is 1. The summed E-state index contributed by atoms with van der Waals surface area (Å²) in [5.41, 5.74) is 5.94. The van der Waals surface area contributed by atoms with Gasteiger partial charge >= 0.3 is 5.97 Å². The smallest absolute Gasteiger partial charge is 0.343 e. The summed E-state index contributed by atoms with van der Waals surface area (Å²) in [6.07, 6.45) is 1.40. The van der Waals surface area contributed by atoms with Crippen molar-refractivity contribution >= 4 is 72.5 Å². The molecule has 224 valence electrons. The first-order chi connectivity index (χ1) is 21.3. The summed E-state index contributed by atoms with van der Waals surface area (Å²) in [7, 11) is 0. The summed E-state index contributed by atoms with van der Waals surface area (Å²) in [5.74, 6) is 0.121. The molecule has 0 unspecified atom stereocenters. The normalized spacial score (nSPS) is 11.1. The number of hydrogen-bond acceptors (Lipinski definition) is 6. The van der Waals surface area contributed by atoms with Crippen LogP contribution in [-0.4, -0.2) is 36.3 Å². The maximum atomic E-state index is 13.4. The second kappa shape index (κ2) is 14.1. The van der Waals surface area contributed by atoms with Crippen molar-refractivity contribution < 1.29 is 23.8 Å². The van der Waals surface area contributed by atoms with Gasteiger partial charge in [-0.2, -0.15) is 5.10 Å². The number of carbonyl (C=O) groups excluding carboxylic acids is 2. The first kappa shape index (κ1) is 31.3. The highest BCUT2D eigenvalue weighted by Crippen LogP contribution is 2.35. The number of H-pyrrole nitrogens is 1. The standard InChI is InChI=1S/C33H26Br2ClN3O5/c1-3-42-27-13-10-20(15-28(27)43-4-2)33(41)44-31-21(14-22(34)16-25(31)35)18-37-39-32(40)30-29(19-8-6-5-7-9-19)24-17-23(36)11-12-26(24)38-30/h5-18,38H,3-4H2,1-2H3,(H,39,40). The van der Waals surface area contributed by atoms with E-state index in [-0.39, 0.29) is 11.3 Å². The minimum absolute atomic E-state index is 0.216. The molecule has 0 aliphatic rings. The molecule has 0 bridgehead atoms. The number of hydrazone groups is 1. The van der Waals surface area contributed by atoms with E-state index in [4.69, 9.17) is 25.8 Å². The number of rotatable bonds is 10. The first-order valence-electron chi connectivity index (χ1n) is 13.6. The number of amides is 1. The van der Waals surface area contributed by atoms with Gasteiger partial charge in [-0.15, -0.1) is 0 Å². The number of hydrogen-bond donors (Lipinski definition) is 2. The topological polar surface area (TPSA) is 102 Å². The third-order valence-corrected chi connectivity index (χ3v) is 7.71. The fourth-order valence-corrected chi connectivity index (χ4v) is 6.08. The summed E-state index contributed by atoms with van der Waals surface area (Å²) < 4.78 is 18.2. The minimum Gasteiger partial charge on any atom is -0.490 e. The molecule has 4 aromatic carbocycles. The van der Waals surface area contributed by atoms with Crippen LogP contribution in [0.15, 0.2) is 92.9 Å². The quantitative estimate of drug-likeness (QED) is 0.0646. The van der Waals surface area contributed by atoms with Gasteiger partial charge in [0, 0.05) is 31.5 Å². The van der Waals surface area contributed by atoms with E-state index in [0.717, 1.165) is 16.5 Å². The van der Waals surface area contributed by atoms with Gasteiger partial charge in [-0.05, 0) is 83.9 Å². The summed E-state index contributed by atoms with van der Waals surface area (Å²) in [5, 5.41) is 5.56. The highest BCUT2D eigenvalue weighted by Gasteiger charge is 2.20. The molecule has 5 aromatic rings. The average Bonchev–Trinajstić information content (AvgIpc) is 3.39.